The molecule has 2 amide bonds. The number of amides is 2. The van der Waals surface area contributed by atoms with Crippen LogP contribution >= 0.6 is 0 Å². The lowest BCUT2D eigenvalue weighted by Crippen LogP contribution is -2.43. The third-order valence-corrected chi connectivity index (χ3v) is 13.1. The van der Waals surface area contributed by atoms with Gasteiger partial charge < -0.3 is 14.6 Å². The molecule has 4 heterocycles. The van der Waals surface area contributed by atoms with E-state index in [0.717, 1.165) is 11.1 Å². The maximum atomic E-state index is 13.0. The molecule has 0 aromatic heterocycles. The summed E-state index contributed by atoms with van der Waals surface area (Å²) in [5.41, 5.74) is 0.444. The van der Waals surface area contributed by atoms with E-state index in [9.17, 15) is 36.3 Å². The van der Waals surface area contributed by atoms with E-state index in [2.05, 4.69) is 0 Å². The van der Waals surface area contributed by atoms with Crippen LogP contribution in [0.1, 0.15) is 52.7 Å². The first-order valence-corrected chi connectivity index (χ1v) is 19.4. The number of carbonyl (C=O) groups is 3. The Balaban J connectivity index is 0.000000194. The van der Waals surface area contributed by atoms with Gasteiger partial charge in [-0.2, -0.15) is 0 Å². The van der Waals surface area contributed by atoms with Crippen LogP contribution in [0.3, 0.4) is 0 Å². The van der Waals surface area contributed by atoms with Crippen LogP contribution in [-0.2, 0) is 33.9 Å². The monoisotopic (exact) mass is 728 g/mol. The fraction of sp³-hybridized carbons (Fsp3) is 0.472. The zero-order valence-electron chi connectivity index (χ0n) is 29.3. The number of rotatable bonds is 4. The molecular weight excluding hydrogens is 685 g/mol. The van der Waals surface area contributed by atoms with Crippen molar-refractivity contribution in [1.29, 1.82) is 0 Å². The number of benzene rings is 2. The van der Waals surface area contributed by atoms with Crippen LogP contribution < -0.4 is 0 Å². The van der Waals surface area contributed by atoms with E-state index in [1.165, 1.54) is 34.1 Å². The van der Waals surface area contributed by atoms with Crippen LogP contribution in [0.2, 0.25) is 0 Å². The lowest BCUT2D eigenvalue weighted by Gasteiger charge is -2.27. The molecule has 12 nitrogen and oxygen atoms in total. The van der Waals surface area contributed by atoms with Crippen molar-refractivity contribution in [3.8, 4) is 0 Å². The van der Waals surface area contributed by atoms with Gasteiger partial charge in [-0.25, -0.2) is 26.4 Å². The zero-order chi connectivity index (χ0) is 37.1. The van der Waals surface area contributed by atoms with Gasteiger partial charge in [-0.1, -0.05) is 59.7 Å². The van der Waals surface area contributed by atoms with E-state index in [1.54, 1.807) is 90.1 Å². The van der Waals surface area contributed by atoms with Crippen LogP contribution in [0.15, 0.2) is 82.6 Å². The fourth-order valence-corrected chi connectivity index (χ4v) is 10.3. The molecule has 7 unspecified atom stereocenters. The van der Waals surface area contributed by atoms with E-state index < -0.39 is 89.6 Å². The van der Waals surface area contributed by atoms with Crippen molar-refractivity contribution in [1.82, 2.24) is 9.80 Å². The molecule has 0 radical (unpaired) electrons. The number of aliphatic hydroxyl groups is 1. The topological polar surface area (TPSA) is 165 Å². The predicted molar refractivity (Wildman–Crippen MR) is 185 cm³/mol. The summed E-state index contributed by atoms with van der Waals surface area (Å²) < 4.78 is 62.7. The number of hydrogen-bond acceptors (Lipinski definition) is 10. The van der Waals surface area contributed by atoms with Crippen molar-refractivity contribution < 1.29 is 45.8 Å². The van der Waals surface area contributed by atoms with E-state index in [1.807, 2.05) is 13.8 Å². The Morgan fingerprint density at radius 2 is 1.06 bits per heavy atom. The number of sulfone groups is 2. The molecule has 2 saturated heterocycles. The lowest BCUT2D eigenvalue weighted by molar-refractivity contribution is -0.118. The fourth-order valence-electron chi connectivity index (χ4n) is 6.53. The van der Waals surface area contributed by atoms with E-state index in [4.69, 9.17) is 9.47 Å². The first-order chi connectivity index (χ1) is 23.0. The highest BCUT2D eigenvalue weighted by molar-refractivity contribution is 7.93. The highest BCUT2D eigenvalue weighted by atomic mass is 32.2. The molecule has 270 valence electrons. The summed E-state index contributed by atoms with van der Waals surface area (Å²) in [5, 5.41) is 8.18. The largest absolute Gasteiger partial charge is 0.444 e. The third kappa shape index (κ3) is 6.97. The Bertz CT molecular complexity index is 1940. The summed E-state index contributed by atoms with van der Waals surface area (Å²) >= 11 is 0. The van der Waals surface area contributed by atoms with Gasteiger partial charge in [-0.3, -0.25) is 14.6 Å². The van der Waals surface area contributed by atoms with E-state index in [-0.39, 0.29) is 9.79 Å². The molecule has 0 aliphatic carbocycles. The molecule has 0 saturated carbocycles. The summed E-state index contributed by atoms with van der Waals surface area (Å²) in [7, 11) is -7.69. The van der Waals surface area contributed by atoms with Gasteiger partial charge in [0.1, 0.15) is 22.5 Å². The third-order valence-electron chi connectivity index (χ3n) is 8.76. The molecule has 2 aromatic carbocycles. The summed E-state index contributed by atoms with van der Waals surface area (Å²) in [5.74, 6) is -0.487. The van der Waals surface area contributed by atoms with Crippen molar-refractivity contribution in [3.05, 3.63) is 84.0 Å². The molecule has 6 rings (SSSR count). The minimum Gasteiger partial charge on any atom is -0.444 e. The van der Waals surface area contributed by atoms with Crippen molar-refractivity contribution in [2.75, 3.05) is 0 Å². The van der Waals surface area contributed by atoms with Crippen LogP contribution in [-0.4, -0.2) is 102 Å². The van der Waals surface area contributed by atoms with Crippen molar-refractivity contribution in [2.45, 2.75) is 117 Å². The number of ketones is 1. The number of aryl methyl sites for hydroxylation is 2. The minimum atomic E-state index is -3.90. The molecule has 7 atom stereocenters. The van der Waals surface area contributed by atoms with Crippen LogP contribution in [0.5, 0.6) is 0 Å². The number of hydrogen-bond donors (Lipinski definition) is 1. The molecule has 14 heteroatoms. The summed E-state index contributed by atoms with van der Waals surface area (Å²) in [6.45, 7) is 14.1. The van der Waals surface area contributed by atoms with Gasteiger partial charge in [0.15, 0.2) is 30.7 Å². The first kappa shape index (κ1) is 37.3. The molecule has 0 spiro atoms. The Kier molecular flexibility index (Phi) is 9.65. The summed E-state index contributed by atoms with van der Waals surface area (Å²) in [4.78, 5) is 40.4. The van der Waals surface area contributed by atoms with Gasteiger partial charge in [0.2, 0.25) is 0 Å². The Labute approximate surface area is 293 Å². The quantitative estimate of drug-likeness (QED) is 0.449. The van der Waals surface area contributed by atoms with Gasteiger partial charge in [-0.15, -0.1) is 0 Å². The maximum absolute atomic E-state index is 13.0. The average Bonchev–Trinajstić information content (AvgIpc) is 3.74. The summed E-state index contributed by atoms with van der Waals surface area (Å²) in [6.07, 6.45) is 4.02. The molecule has 2 fully saturated rings. The second kappa shape index (κ2) is 13.0. The van der Waals surface area contributed by atoms with Gasteiger partial charge in [0.25, 0.3) is 0 Å². The van der Waals surface area contributed by atoms with Crippen molar-refractivity contribution in [3.63, 3.8) is 0 Å². The van der Waals surface area contributed by atoms with Gasteiger partial charge in [0, 0.05) is 0 Å². The second-order valence-corrected chi connectivity index (χ2v) is 19.1. The molecule has 50 heavy (non-hydrogen) atoms. The van der Waals surface area contributed by atoms with Gasteiger partial charge >= 0.3 is 12.2 Å². The SMILES string of the molecule is Cc1ccc(S(=O)(=O)C2C(=O)C3C=CC2N3C(=O)OC(C)(C)C)cc1.Cc1ccc(S(=O)(=O)C2C(O)C3C=CC2N3C(=O)OC(C)(C)C)cc1. The average molecular weight is 729 g/mol. The number of Topliss-reactive ketones (excluding diaryl/α,β-unsaturated/α-hetero) is 1. The standard InChI is InChI=1S/C18H23NO5S.C18H21NO5S/c2*1-11-5-7-12(8-6-11)25(22,23)16-14-10-9-13(15(16)20)19(14)17(21)24-18(2,3)4/h5-10,13-16,20H,1-4H3;5-10,13-14,16H,1-4H3. The Hall–Kier alpha value is -4.01. The number of fused-ring (bicyclic) bond motifs is 4. The Morgan fingerprint density at radius 3 is 1.54 bits per heavy atom. The molecular formula is C36H44N2O10S2. The van der Waals surface area contributed by atoms with Crippen molar-refractivity contribution >= 4 is 37.6 Å². The molecule has 2 aromatic rings. The number of ether oxygens (including phenoxy) is 2. The second-order valence-electron chi connectivity index (χ2n) is 15.0. The van der Waals surface area contributed by atoms with E-state index >= 15 is 0 Å². The van der Waals surface area contributed by atoms with Crippen LogP contribution in [0, 0.1) is 13.8 Å². The molecule has 4 bridgehead atoms. The van der Waals surface area contributed by atoms with E-state index in [0.29, 0.717) is 0 Å². The number of carbonyl (C=O) groups excluding carboxylic acids is 3. The van der Waals surface area contributed by atoms with Crippen LogP contribution in [0.4, 0.5) is 9.59 Å². The van der Waals surface area contributed by atoms with Gasteiger partial charge in [-0.05, 0) is 79.7 Å². The highest BCUT2D eigenvalue weighted by Gasteiger charge is 2.59. The number of nitrogens with zero attached hydrogens (tertiary/aromatic N) is 2. The van der Waals surface area contributed by atoms with Crippen LogP contribution in [0.25, 0.3) is 0 Å². The normalized spacial score (nSPS) is 27.0. The zero-order valence-corrected chi connectivity index (χ0v) is 30.9. The molecule has 1 N–H and O–H groups in total. The molecule has 4 aliphatic heterocycles. The molecule has 4 aliphatic rings. The lowest BCUT2D eigenvalue weighted by atomic mass is 10.0. The maximum Gasteiger partial charge on any atom is 0.411 e. The Morgan fingerprint density at radius 1 is 0.640 bits per heavy atom. The van der Waals surface area contributed by atoms with Crippen molar-refractivity contribution in [2.24, 2.45) is 0 Å². The number of aliphatic hydroxyl groups excluding tert-OH is 1. The highest BCUT2D eigenvalue weighted by Crippen LogP contribution is 2.40. The smallest absolute Gasteiger partial charge is 0.411 e. The summed E-state index contributed by atoms with van der Waals surface area (Å²) in [6, 6.07) is 9.71. The van der Waals surface area contributed by atoms with Gasteiger partial charge in [0.05, 0.1) is 34.0 Å². The first-order valence-electron chi connectivity index (χ1n) is 16.3. The predicted octanol–water partition coefficient (Wildman–Crippen LogP) is 4.32. The minimum absolute atomic E-state index is 0.0848.